The zero-order chi connectivity index (χ0) is 17.2. The molecule has 0 saturated carbocycles. The van der Waals surface area contributed by atoms with Crippen LogP contribution in [-0.4, -0.2) is 10.9 Å². The van der Waals surface area contributed by atoms with Crippen LogP contribution in [0.15, 0.2) is 30.5 Å². The van der Waals surface area contributed by atoms with Gasteiger partial charge in [-0.3, -0.25) is 9.78 Å². The van der Waals surface area contributed by atoms with Crippen LogP contribution in [0.3, 0.4) is 0 Å². The molecule has 0 spiro atoms. The van der Waals surface area contributed by atoms with Crippen LogP contribution in [0.25, 0.3) is 10.9 Å². The number of amides is 1. The standard InChI is InChI=1S/C21H26N2O/c1-3-4-5-6-7-8-9-10-14-20(24)23-19-13-11-12-18-17(2)15-16-22-21(18)19/h1,11-13,15-16H,4-10,14H2,2H3,(H,23,24). The Morgan fingerprint density at radius 3 is 2.67 bits per heavy atom. The van der Waals surface area contributed by atoms with Gasteiger partial charge in [-0.05, 0) is 37.5 Å². The minimum absolute atomic E-state index is 0.0677. The van der Waals surface area contributed by atoms with E-state index in [1.807, 2.05) is 24.3 Å². The summed E-state index contributed by atoms with van der Waals surface area (Å²) < 4.78 is 0. The van der Waals surface area contributed by atoms with E-state index < -0.39 is 0 Å². The van der Waals surface area contributed by atoms with Gasteiger partial charge in [0.15, 0.2) is 0 Å². The first-order valence-electron chi connectivity index (χ1n) is 8.80. The molecule has 0 saturated heterocycles. The van der Waals surface area contributed by atoms with Crippen molar-refractivity contribution in [3.8, 4) is 12.3 Å². The summed E-state index contributed by atoms with van der Waals surface area (Å²) in [5, 5.41) is 4.09. The second-order valence-corrected chi connectivity index (χ2v) is 6.20. The maximum absolute atomic E-state index is 12.2. The first kappa shape index (κ1) is 18.0. The normalized spacial score (nSPS) is 10.5. The van der Waals surface area contributed by atoms with Gasteiger partial charge in [-0.25, -0.2) is 0 Å². The number of rotatable bonds is 9. The Labute approximate surface area is 144 Å². The number of anilines is 1. The quantitative estimate of drug-likeness (QED) is 0.507. The highest BCUT2D eigenvalue weighted by molar-refractivity contribution is 6.00. The molecule has 1 aromatic heterocycles. The molecular weight excluding hydrogens is 296 g/mol. The first-order valence-corrected chi connectivity index (χ1v) is 8.80. The van der Waals surface area contributed by atoms with E-state index in [2.05, 4.69) is 23.1 Å². The molecule has 0 atom stereocenters. The van der Waals surface area contributed by atoms with Crippen molar-refractivity contribution in [1.29, 1.82) is 0 Å². The summed E-state index contributed by atoms with van der Waals surface area (Å²) >= 11 is 0. The van der Waals surface area contributed by atoms with Gasteiger partial charge in [-0.15, -0.1) is 12.3 Å². The van der Waals surface area contributed by atoms with E-state index in [1.165, 1.54) is 24.8 Å². The molecule has 1 heterocycles. The molecule has 3 heteroatoms. The Morgan fingerprint density at radius 2 is 1.88 bits per heavy atom. The third-order valence-electron chi connectivity index (χ3n) is 4.24. The van der Waals surface area contributed by atoms with Crippen molar-refractivity contribution in [1.82, 2.24) is 4.98 Å². The highest BCUT2D eigenvalue weighted by Crippen LogP contribution is 2.23. The number of aryl methyl sites for hydroxylation is 1. The lowest BCUT2D eigenvalue weighted by atomic mass is 10.1. The van der Waals surface area contributed by atoms with Crippen LogP contribution in [0, 0.1) is 19.3 Å². The number of hydrogen-bond acceptors (Lipinski definition) is 2. The molecule has 2 rings (SSSR count). The largest absolute Gasteiger partial charge is 0.324 e. The van der Waals surface area contributed by atoms with Gasteiger partial charge in [0, 0.05) is 24.4 Å². The maximum Gasteiger partial charge on any atom is 0.224 e. The monoisotopic (exact) mass is 322 g/mol. The van der Waals surface area contributed by atoms with E-state index in [4.69, 9.17) is 6.42 Å². The predicted octanol–water partition coefficient (Wildman–Crippen LogP) is 5.24. The van der Waals surface area contributed by atoms with Crippen molar-refractivity contribution in [2.24, 2.45) is 0 Å². The number of terminal acetylenes is 1. The van der Waals surface area contributed by atoms with Crippen LogP contribution in [0.5, 0.6) is 0 Å². The molecule has 1 N–H and O–H groups in total. The minimum atomic E-state index is 0.0677. The Kier molecular flexibility index (Phi) is 7.29. The number of pyridine rings is 1. The van der Waals surface area contributed by atoms with Crippen molar-refractivity contribution in [3.63, 3.8) is 0 Å². The molecule has 1 aromatic carbocycles. The number of carbonyl (C=O) groups is 1. The second kappa shape index (κ2) is 9.72. The molecule has 0 aliphatic heterocycles. The lowest BCUT2D eigenvalue weighted by Gasteiger charge is -2.09. The van der Waals surface area contributed by atoms with Crippen molar-refractivity contribution < 1.29 is 4.79 Å². The molecule has 0 aliphatic rings. The van der Waals surface area contributed by atoms with E-state index in [0.29, 0.717) is 6.42 Å². The van der Waals surface area contributed by atoms with Crippen LogP contribution in [0.1, 0.15) is 56.9 Å². The fourth-order valence-corrected chi connectivity index (χ4v) is 2.85. The number of fused-ring (bicyclic) bond motifs is 1. The zero-order valence-electron chi connectivity index (χ0n) is 14.5. The molecule has 1 amide bonds. The highest BCUT2D eigenvalue weighted by atomic mass is 16.1. The molecule has 0 aliphatic carbocycles. The summed E-state index contributed by atoms with van der Waals surface area (Å²) in [5.41, 5.74) is 2.83. The van der Waals surface area contributed by atoms with Gasteiger partial charge in [0.25, 0.3) is 0 Å². The van der Waals surface area contributed by atoms with E-state index in [1.54, 1.807) is 6.20 Å². The Morgan fingerprint density at radius 1 is 1.12 bits per heavy atom. The molecule has 0 unspecified atom stereocenters. The van der Waals surface area contributed by atoms with Crippen molar-refractivity contribution in [3.05, 3.63) is 36.0 Å². The fourth-order valence-electron chi connectivity index (χ4n) is 2.85. The fraction of sp³-hybridized carbons (Fsp3) is 0.429. The van der Waals surface area contributed by atoms with Gasteiger partial charge in [-0.1, -0.05) is 37.8 Å². The first-order chi connectivity index (χ1) is 11.7. The third-order valence-corrected chi connectivity index (χ3v) is 4.24. The van der Waals surface area contributed by atoms with Crippen molar-refractivity contribution in [2.45, 2.75) is 58.3 Å². The van der Waals surface area contributed by atoms with Gasteiger partial charge in [0.05, 0.1) is 11.2 Å². The van der Waals surface area contributed by atoms with Gasteiger partial charge in [0.2, 0.25) is 5.91 Å². The molecule has 0 bridgehead atoms. The van der Waals surface area contributed by atoms with Crippen LogP contribution >= 0.6 is 0 Å². The number of carbonyl (C=O) groups excluding carboxylic acids is 1. The van der Waals surface area contributed by atoms with Crippen LogP contribution in [0.4, 0.5) is 5.69 Å². The zero-order valence-corrected chi connectivity index (χ0v) is 14.5. The number of hydrogen-bond donors (Lipinski definition) is 1. The summed E-state index contributed by atoms with van der Waals surface area (Å²) in [4.78, 5) is 16.6. The summed E-state index contributed by atoms with van der Waals surface area (Å²) in [6.45, 7) is 2.05. The Balaban J connectivity index is 1.75. The number of benzene rings is 1. The molecule has 2 aromatic rings. The topological polar surface area (TPSA) is 42.0 Å². The summed E-state index contributed by atoms with van der Waals surface area (Å²) in [6.07, 6.45) is 15.2. The lowest BCUT2D eigenvalue weighted by molar-refractivity contribution is -0.116. The molecular formula is C21H26N2O. The predicted molar refractivity (Wildman–Crippen MR) is 101 cm³/mol. The van der Waals surface area contributed by atoms with E-state index in [9.17, 15) is 4.79 Å². The summed E-state index contributed by atoms with van der Waals surface area (Å²) in [6, 6.07) is 7.89. The summed E-state index contributed by atoms with van der Waals surface area (Å²) in [7, 11) is 0. The number of aromatic nitrogens is 1. The lowest BCUT2D eigenvalue weighted by Crippen LogP contribution is -2.11. The van der Waals surface area contributed by atoms with Gasteiger partial charge < -0.3 is 5.32 Å². The molecule has 0 fully saturated rings. The number of nitrogens with one attached hydrogen (secondary N) is 1. The van der Waals surface area contributed by atoms with Crippen LogP contribution < -0.4 is 5.32 Å². The van der Waals surface area contributed by atoms with Gasteiger partial charge in [0.1, 0.15) is 0 Å². The van der Waals surface area contributed by atoms with Gasteiger partial charge >= 0.3 is 0 Å². The highest BCUT2D eigenvalue weighted by Gasteiger charge is 2.07. The van der Waals surface area contributed by atoms with E-state index in [0.717, 1.165) is 42.3 Å². The Hall–Kier alpha value is -2.34. The Bertz CT molecular complexity index is 715. The maximum atomic E-state index is 12.2. The van der Waals surface area contributed by atoms with Crippen LogP contribution in [-0.2, 0) is 4.79 Å². The molecule has 126 valence electrons. The van der Waals surface area contributed by atoms with E-state index in [-0.39, 0.29) is 5.91 Å². The van der Waals surface area contributed by atoms with Crippen LogP contribution in [0.2, 0.25) is 0 Å². The number of unbranched alkanes of at least 4 members (excludes halogenated alkanes) is 6. The third kappa shape index (κ3) is 5.38. The molecule has 0 radical (unpaired) electrons. The average molecular weight is 322 g/mol. The average Bonchev–Trinajstić information content (AvgIpc) is 2.58. The number of para-hydroxylation sites is 1. The SMILES string of the molecule is C#CCCCCCCCCC(=O)Nc1cccc2c(C)ccnc12. The second-order valence-electron chi connectivity index (χ2n) is 6.20. The molecule has 24 heavy (non-hydrogen) atoms. The van der Waals surface area contributed by atoms with E-state index >= 15 is 0 Å². The van der Waals surface area contributed by atoms with Crippen molar-refractivity contribution >= 4 is 22.5 Å². The smallest absolute Gasteiger partial charge is 0.224 e. The van der Waals surface area contributed by atoms with Gasteiger partial charge in [-0.2, -0.15) is 0 Å². The minimum Gasteiger partial charge on any atom is -0.324 e. The van der Waals surface area contributed by atoms with Crippen molar-refractivity contribution in [2.75, 3.05) is 5.32 Å². The number of nitrogens with zero attached hydrogens (tertiary/aromatic N) is 1. The molecule has 3 nitrogen and oxygen atoms in total. The summed E-state index contributed by atoms with van der Waals surface area (Å²) in [5.74, 6) is 2.73.